The Hall–Kier alpha value is -3.85. The number of likely N-dealkylation sites (N-methyl/N-ethyl adjacent to an activating group) is 1. The van der Waals surface area contributed by atoms with Gasteiger partial charge in [0.25, 0.3) is 10.0 Å². The normalized spacial score (nSPS) is 11.9. The number of sulfonamides is 1. The van der Waals surface area contributed by atoms with Crippen LogP contribution in [0.25, 0.3) is 0 Å². The van der Waals surface area contributed by atoms with Crippen molar-refractivity contribution < 1.29 is 22.7 Å². The van der Waals surface area contributed by atoms with Crippen LogP contribution < -0.4 is 14.4 Å². The first-order valence-electron chi connectivity index (χ1n) is 12.6. The fourth-order valence-electron chi connectivity index (χ4n) is 4.14. The van der Waals surface area contributed by atoms with Crippen LogP contribution in [0.2, 0.25) is 0 Å². The van der Waals surface area contributed by atoms with Gasteiger partial charge in [-0.25, -0.2) is 8.42 Å². The number of carbonyl (C=O) groups excluding carboxylic acids is 2. The molecule has 0 aliphatic carbocycles. The third kappa shape index (κ3) is 6.92. The predicted octanol–water partition coefficient (Wildman–Crippen LogP) is 4.14. The zero-order valence-electron chi connectivity index (χ0n) is 22.3. The summed E-state index contributed by atoms with van der Waals surface area (Å²) in [5.74, 6) is -0.168. The van der Waals surface area contributed by atoms with E-state index in [-0.39, 0.29) is 17.3 Å². The Morgan fingerprint density at radius 2 is 1.63 bits per heavy atom. The van der Waals surface area contributed by atoms with Gasteiger partial charge in [0, 0.05) is 13.1 Å². The average Bonchev–Trinajstić information content (AvgIpc) is 2.92. The van der Waals surface area contributed by atoms with Gasteiger partial charge in [0.15, 0.2) is 0 Å². The molecule has 202 valence electrons. The number of nitrogens with one attached hydrogen (secondary N) is 1. The molecule has 0 spiro atoms. The fraction of sp³-hybridized carbons (Fsp3) is 0.310. The van der Waals surface area contributed by atoms with Crippen molar-refractivity contribution in [3.05, 3.63) is 90.0 Å². The van der Waals surface area contributed by atoms with E-state index in [1.54, 1.807) is 61.7 Å². The maximum atomic E-state index is 13.9. The van der Waals surface area contributed by atoms with Gasteiger partial charge in [0.2, 0.25) is 11.8 Å². The fourth-order valence-corrected chi connectivity index (χ4v) is 5.55. The molecule has 0 aliphatic rings. The smallest absolute Gasteiger partial charge is 0.264 e. The van der Waals surface area contributed by atoms with Crippen molar-refractivity contribution in [3.63, 3.8) is 0 Å². The van der Waals surface area contributed by atoms with E-state index in [2.05, 4.69) is 5.32 Å². The van der Waals surface area contributed by atoms with Crippen LogP contribution in [0, 0.1) is 6.92 Å². The lowest BCUT2D eigenvalue weighted by Gasteiger charge is -2.33. The van der Waals surface area contributed by atoms with Crippen molar-refractivity contribution in [3.8, 4) is 5.75 Å². The molecule has 0 saturated heterocycles. The van der Waals surface area contributed by atoms with Gasteiger partial charge in [0.05, 0.1) is 17.7 Å². The van der Waals surface area contributed by atoms with E-state index < -0.39 is 28.5 Å². The highest BCUT2D eigenvalue weighted by Gasteiger charge is 2.33. The second-order valence-corrected chi connectivity index (χ2v) is 10.7. The maximum Gasteiger partial charge on any atom is 0.264 e. The molecule has 8 nitrogen and oxygen atoms in total. The molecular weight excluding hydrogens is 502 g/mol. The second-order valence-electron chi connectivity index (χ2n) is 8.85. The van der Waals surface area contributed by atoms with Gasteiger partial charge in [-0.1, -0.05) is 55.0 Å². The minimum absolute atomic E-state index is 0.0786. The number of methoxy groups -OCH3 is 1. The summed E-state index contributed by atoms with van der Waals surface area (Å²) in [6.45, 7) is 5.55. The molecule has 0 heterocycles. The van der Waals surface area contributed by atoms with Gasteiger partial charge in [-0.05, 0) is 62.2 Å². The topological polar surface area (TPSA) is 96.0 Å². The van der Waals surface area contributed by atoms with Gasteiger partial charge >= 0.3 is 0 Å². The summed E-state index contributed by atoms with van der Waals surface area (Å²) in [7, 11) is -2.53. The average molecular weight is 538 g/mol. The Bertz CT molecular complexity index is 1330. The Kier molecular flexibility index (Phi) is 9.90. The van der Waals surface area contributed by atoms with Crippen molar-refractivity contribution in [2.75, 3.05) is 24.5 Å². The standard InChI is InChI=1S/C29H35N3O5S/c1-5-27(29(34)30-6-2)31(20-23-11-10-14-25(19-23)37-4)28(33)21-32(24-12-8-7-9-13-24)38(35,36)26-17-15-22(3)16-18-26/h7-19,27H,5-6,20-21H2,1-4H3,(H,30,34)/t27-/m1/s1. The molecular formula is C29H35N3O5S. The van der Waals surface area contributed by atoms with Gasteiger partial charge in [0.1, 0.15) is 18.3 Å². The van der Waals surface area contributed by atoms with E-state index >= 15 is 0 Å². The number of benzene rings is 3. The number of carbonyl (C=O) groups is 2. The van der Waals surface area contributed by atoms with Gasteiger partial charge < -0.3 is 15.0 Å². The Labute approximate surface area is 225 Å². The molecule has 1 atom stereocenters. The van der Waals surface area contributed by atoms with Crippen LogP contribution in [0.15, 0.2) is 83.8 Å². The molecule has 0 saturated carbocycles. The minimum Gasteiger partial charge on any atom is -0.497 e. The highest BCUT2D eigenvalue weighted by Crippen LogP contribution is 2.25. The van der Waals surface area contributed by atoms with Crippen LogP contribution in [-0.4, -0.2) is 51.4 Å². The highest BCUT2D eigenvalue weighted by atomic mass is 32.2. The Morgan fingerprint density at radius 3 is 2.24 bits per heavy atom. The number of ether oxygens (including phenoxy) is 1. The first-order chi connectivity index (χ1) is 18.2. The quantitative estimate of drug-likeness (QED) is 0.375. The summed E-state index contributed by atoms with van der Waals surface area (Å²) >= 11 is 0. The number of hydrogen-bond donors (Lipinski definition) is 1. The van der Waals surface area contributed by atoms with Crippen molar-refractivity contribution in [2.24, 2.45) is 0 Å². The SMILES string of the molecule is CCNC(=O)[C@@H](CC)N(Cc1cccc(OC)c1)C(=O)CN(c1ccccc1)S(=O)(=O)c1ccc(C)cc1. The van der Waals surface area contributed by atoms with Gasteiger partial charge in [-0.15, -0.1) is 0 Å². The van der Waals surface area contributed by atoms with Crippen molar-refractivity contribution in [1.82, 2.24) is 10.2 Å². The Balaban J connectivity index is 2.04. The minimum atomic E-state index is -4.08. The lowest BCUT2D eigenvalue weighted by Crippen LogP contribution is -2.52. The molecule has 0 fully saturated rings. The van der Waals surface area contributed by atoms with Gasteiger partial charge in [-0.2, -0.15) is 0 Å². The largest absolute Gasteiger partial charge is 0.497 e. The van der Waals surface area contributed by atoms with E-state index in [0.29, 0.717) is 24.4 Å². The number of para-hydroxylation sites is 1. The molecule has 3 aromatic rings. The number of amides is 2. The summed E-state index contributed by atoms with van der Waals surface area (Å²) in [6.07, 6.45) is 0.359. The maximum absolute atomic E-state index is 13.9. The number of rotatable bonds is 12. The second kappa shape index (κ2) is 13.1. The van der Waals surface area contributed by atoms with Crippen LogP contribution in [0.1, 0.15) is 31.4 Å². The zero-order valence-corrected chi connectivity index (χ0v) is 23.1. The molecule has 38 heavy (non-hydrogen) atoms. The molecule has 0 aliphatic heterocycles. The number of hydrogen-bond acceptors (Lipinski definition) is 5. The number of anilines is 1. The summed E-state index contributed by atoms with van der Waals surface area (Å²) in [5, 5.41) is 2.80. The zero-order chi connectivity index (χ0) is 27.7. The van der Waals surface area contributed by atoms with E-state index in [9.17, 15) is 18.0 Å². The van der Waals surface area contributed by atoms with E-state index in [0.717, 1.165) is 15.4 Å². The Morgan fingerprint density at radius 1 is 0.947 bits per heavy atom. The third-order valence-corrected chi connectivity index (χ3v) is 7.94. The first-order valence-corrected chi connectivity index (χ1v) is 14.0. The molecule has 0 aromatic heterocycles. The van der Waals surface area contributed by atoms with Gasteiger partial charge in [-0.3, -0.25) is 13.9 Å². The van der Waals surface area contributed by atoms with Crippen LogP contribution >= 0.6 is 0 Å². The highest BCUT2D eigenvalue weighted by molar-refractivity contribution is 7.92. The van der Waals surface area contributed by atoms with Crippen molar-refractivity contribution >= 4 is 27.5 Å². The third-order valence-electron chi connectivity index (χ3n) is 6.16. The molecule has 0 unspecified atom stereocenters. The van der Waals surface area contributed by atoms with Crippen LogP contribution in [-0.2, 0) is 26.2 Å². The monoisotopic (exact) mass is 537 g/mol. The summed E-state index contributed by atoms with van der Waals surface area (Å²) in [5.41, 5.74) is 2.03. The van der Waals surface area contributed by atoms with Crippen LogP contribution in [0.4, 0.5) is 5.69 Å². The number of aryl methyl sites for hydroxylation is 1. The van der Waals surface area contributed by atoms with Crippen LogP contribution in [0.3, 0.4) is 0 Å². The molecule has 1 N–H and O–H groups in total. The van der Waals surface area contributed by atoms with Crippen molar-refractivity contribution in [1.29, 1.82) is 0 Å². The first kappa shape index (κ1) is 28.7. The van der Waals surface area contributed by atoms with E-state index in [1.165, 1.54) is 17.0 Å². The molecule has 0 radical (unpaired) electrons. The van der Waals surface area contributed by atoms with Crippen molar-refractivity contribution in [2.45, 2.75) is 44.7 Å². The molecule has 9 heteroatoms. The lowest BCUT2D eigenvalue weighted by atomic mass is 10.1. The van der Waals surface area contributed by atoms with Crippen LogP contribution in [0.5, 0.6) is 5.75 Å². The lowest BCUT2D eigenvalue weighted by molar-refractivity contribution is -0.140. The predicted molar refractivity (Wildman–Crippen MR) is 148 cm³/mol. The summed E-state index contributed by atoms with van der Waals surface area (Å²) in [6, 6.07) is 21.4. The van der Waals surface area contributed by atoms with E-state index in [1.807, 2.05) is 32.9 Å². The molecule has 3 rings (SSSR count). The molecule has 0 bridgehead atoms. The summed E-state index contributed by atoms with van der Waals surface area (Å²) < 4.78 is 34.0. The summed E-state index contributed by atoms with van der Waals surface area (Å²) in [4.78, 5) is 28.4. The molecule has 3 aromatic carbocycles. The number of nitrogens with zero attached hydrogens (tertiary/aromatic N) is 2. The molecule has 2 amide bonds. The van der Waals surface area contributed by atoms with E-state index in [4.69, 9.17) is 4.74 Å².